The van der Waals surface area contributed by atoms with Crippen LogP contribution in [0.2, 0.25) is 0 Å². The van der Waals surface area contributed by atoms with Crippen LogP contribution in [0, 0.1) is 13.8 Å². The van der Waals surface area contributed by atoms with Crippen LogP contribution in [0.3, 0.4) is 0 Å². The van der Waals surface area contributed by atoms with Crippen molar-refractivity contribution < 1.29 is 0 Å². The van der Waals surface area contributed by atoms with Gasteiger partial charge in [-0.1, -0.05) is 13.8 Å². The van der Waals surface area contributed by atoms with E-state index in [9.17, 15) is 0 Å². The van der Waals surface area contributed by atoms with Gasteiger partial charge >= 0.3 is 0 Å². The molecule has 1 atom stereocenters. The Morgan fingerprint density at radius 3 is 2.58 bits per heavy atom. The van der Waals surface area contributed by atoms with Crippen LogP contribution in [0.5, 0.6) is 0 Å². The number of aryl methyl sites for hydroxylation is 2. The smallest absolute Gasteiger partial charge is 0.133 e. The molecule has 0 saturated heterocycles. The minimum absolute atomic E-state index is 0.513. The monoisotopic (exact) mass is 263 g/mol. The maximum absolute atomic E-state index is 4.77. The fourth-order valence-electron chi connectivity index (χ4n) is 2.23. The van der Waals surface area contributed by atoms with Gasteiger partial charge in [-0.05, 0) is 51.8 Å². The first-order chi connectivity index (χ1) is 9.01. The molecule has 0 spiro atoms. The zero-order chi connectivity index (χ0) is 14.4. The highest BCUT2D eigenvalue weighted by molar-refractivity contribution is 5.51. The van der Waals surface area contributed by atoms with Crippen LogP contribution < -0.4 is 10.2 Å². The van der Waals surface area contributed by atoms with Gasteiger partial charge in [0.2, 0.25) is 0 Å². The fourth-order valence-corrected chi connectivity index (χ4v) is 2.23. The number of aromatic nitrogens is 1. The summed E-state index contributed by atoms with van der Waals surface area (Å²) in [6, 6.07) is 2.69. The van der Waals surface area contributed by atoms with E-state index >= 15 is 0 Å². The van der Waals surface area contributed by atoms with E-state index in [0.717, 1.165) is 37.4 Å². The summed E-state index contributed by atoms with van der Waals surface area (Å²) in [5.74, 6) is 1.13. The summed E-state index contributed by atoms with van der Waals surface area (Å²) in [5.41, 5.74) is 3.77. The number of nitrogens with zero attached hydrogens (tertiary/aromatic N) is 2. The Morgan fingerprint density at radius 2 is 2.00 bits per heavy atom. The largest absolute Gasteiger partial charge is 0.357 e. The second kappa shape index (κ2) is 7.49. The van der Waals surface area contributed by atoms with Crippen molar-refractivity contribution in [1.29, 1.82) is 0 Å². The lowest BCUT2D eigenvalue weighted by molar-refractivity contribution is 0.637. The van der Waals surface area contributed by atoms with Gasteiger partial charge < -0.3 is 10.2 Å². The third kappa shape index (κ3) is 4.20. The van der Waals surface area contributed by atoms with Gasteiger partial charge in [0, 0.05) is 30.9 Å². The Bertz CT molecular complexity index is 401. The summed E-state index contributed by atoms with van der Waals surface area (Å²) in [6.07, 6.45) is 2.29. The van der Waals surface area contributed by atoms with Crippen LogP contribution in [0.15, 0.2) is 6.07 Å². The predicted molar refractivity (Wildman–Crippen MR) is 83.9 cm³/mol. The molecule has 1 aromatic heterocycles. The molecule has 1 heterocycles. The highest BCUT2D eigenvalue weighted by Gasteiger charge is 2.16. The molecule has 1 N–H and O–H groups in total. The third-order valence-corrected chi connectivity index (χ3v) is 3.77. The first kappa shape index (κ1) is 16.0. The maximum atomic E-state index is 4.77. The molecule has 0 aliphatic carbocycles. The van der Waals surface area contributed by atoms with Crippen LogP contribution in [0.4, 0.5) is 5.82 Å². The Labute approximate surface area is 118 Å². The molecule has 19 heavy (non-hydrogen) atoms. The molecule has 0 radical (unpaired) electrons. The van der Waals surface area contributed by atoms with E-state index in [1.54, 1.807) is 0 Å². The number of rotatable bonds is 7. The molecule has 0 fully saturated rings. The molecule has 1 aromatic rings. The second-order valence-electron chi connectivity index (χ2n) is 5.43. The molecule has 0 aliphatic rings. The molecule has 0 amide bonds. The first-order valence-corrected chi connectivity index (χ1v) is 7.41. The van der Waals surface area contributed by atoms with Crippen LogP contribution in [-0.2, 0) is 6.54 Å². The zero-order valence-electron chi connectivity index (χ0n) is 13.4. The molecular formula is C16H29N3. The SMILES string of the molecule is CCCNCc1c(C)cc(C)nc1N(C)C(C)CC. The van der Waals surface area contributed by atoms with Crippen LogP contribution in [0.25, 0.3) is 0 Å². The van der Waals surface area contributed by atoms with E-state index in [2.05, 4.69) is 57.9 Å². The second-order valence-corrected chi connectivity index (χ2v) is 5.43. The molecule has 0 saturated carbocycles. The van der Waals surface area contributed by atoms with Gasteiger partial charge in [-0.25, -0.2) is 4.98 Å². The van der Waals surface area contributed by atoms with Gasteiger partial charge in [-0.3, -0.25) is 0 Å². The van der Waals surface area contributed by atoms with Gasteiger partial charge in [-0.2, -0.15) is 0 Å². The number of anilines is 1. The van der Waals surface area contributed by atoms with Crippen molar-refractivity contribution in [2.45, 2.75) is 60.0 Å². The standard InChI is InChI=1S/C16H29N3/c1-7-9-17-11-15-12(3)10-13(4)18-16(15)19(6)14(5)8-2/h10,14,17H,7-9,11H2,1-6H3. The highest BCUT2D eigenvalue weighted by Crippen LogP contribution is 2.23. The van der Waals surface area contributed by atoms with Gasteiger partial charge in [0.05, 0.1) is 0 Å². The Balaban J connectivity index is 3.05. The van der Waals surface area contributed by atoms with Crippen LogP contribution in [-0.4, -0.2) is 24.6 Å². The lowest BCUT2D eigenvalue weighted by atomic mass is 10.1. The van der Waals surface area contributed by atoms with Crippen molar-refractivity contribution in [3.63, 3.8) is 0 Å². The highest BCUT2D eigenvalue weighted by atomic mass is 15.2. The molecular weight excluding hydrogens is 234 g/mol. The summed E-state index contributed by atoms with van der Waals surface area (Å²) in [5, 5.41) is 3.50. The number of nitrogens with one attached hydrogen (secondary N) is 1. The normalized spacial score (nSPS) is 12.5. The number of hydrogen-bond acceptors (Lipinski definition) is 3. The quantitative estimate of drug-likeness (QED) is 0.764. The summed E-state index contributed by atoms with van der Waals surface area (Å²) in [7, 11) is 2.15. The molecule has 1 rings (SSSR count). The minimum atomic E-state index is 0.513. The fraction of sp³-hybridized carbons (Fsp3) is 0.688. The third-order valence-electron chi connectivity index (χ3n) is 3.77. The van der Waals surface area contributed by atoms with Crippen molar-refractivity contribution in [3.05, 3.63) is 22.9 Å². The average Bonchev–Trinajstić information content (AvgIpc) is 2.39. The van der Waals surface area contributed by atoms with E-state index < -0.39 is 0 Å². The van der Waals surface area contributed by atoms with E-state index in [1.165, 1.54) is 11.1 Å². The predicted octanol–water partition coefficient (Wildman–Crippen LogP) is 3.43. The van der Waals surface area contributed by atoms with Crippen molar-refractivity contribution in [2.75, 3.05) is 18.5 Å². The summed E-state index contributed by atoms with van der Waals surface area (Å²) in [4.78, 5) is 7.08. The molecule has 1 unspecified atom stereocenters. The topological polar surface area (TPSA) is 28.2 Å². The summed E-state index contributed by atoms with van der Waals surface area (Å²) < 4.78 is 0. The summed E-state index contributed by atoms with van der Waals surface area (Å²) in [6.45, 7) is 12.9. The molecule has 3 heteroatoms. The lowest BCUT2D eigenvalue weighted by Crippen LogP contribution is -2.31. The van der Waals surface area contributed by atoms with Crippen molar-refractivity contribution in [2.24, 2.45) is 0 Å². The minimum Gasteiger partial charge on any atom is -0.357 e. The summed E-state index contributed by atoms with van der Waals surface area (Å²) >= 11 is 0. The van der Waals surface area contributed by atoms with Gasteiger partial charge in [-0.15, -0.1) is 0 Å². The van der Waals surface area contributed by atoms with E-state index in [-0.39, 0.29) is 0 Å². The Kier molecular flexibility index (Phi) is 6.29. The van der Waals surface area contributed by atoms with E-state index in [0.29, 0.717) is 6.04 Å². The first-order valence-electron chi connectivity index (χ1n) is 7.41. The Morgan fingerprint density at radius 1 is 1.32 bits per heavy atom. The zero-order valence-corrected chi connectivity index (χ0v) is 13.4. The van der Waals surface area contributed by atoms with Crippen molar-refractivity contribution >= 4 is 5.82 Å². The van der Waals surface area contributed by atoms with Gasteiger partial charge in [0.1, 0.15) is 5.82 Å². The molecule has 3 nitrogen and oxygen atoms in total. The Hall–Kier alpha value is -1.09. The molecule has 108 valence electrons. The average molecular weight is 263 g/mol. The van der Waals surface area contributed by atoms with Gasteiger partial charge in [0.25, 0.3) is 0 Å². The van der Waals surface area contributed by atoms with E-state index in [4.69, 9.17) is 4.98 Å². The van der Waals surface area contributed by atoms with Crippen LogP contribution >= 0.6 is 0 Å². The van der Waals surface area contributed by atoms with Crippen molar-refractivity contribution in [3.8, 4) is 0 Å². The lowest BCUT2D eigenvalue weighted by Gasteiger charge is -2.28. The molecule has 0 aliphatic heterocycles. The molecule has 0 bridgehead atoms. The van der Waals surface area contributed by atoms with Crippen molar-refractivity contribution in [1.82, 2.24) is 10.3 Å². The maximum Gasteiger partial charge on any atom is 0.133 e. The molecule has 0 aromatic carbocycles. The number of hydrogen-bond donors (Lipinski definition) is 1. The van der Waals surface area contributed by atoms with E-state index in [1.807, 2.05) is 0 Å². The van der Waals surface area contributed by atoms with Crippen LogP contribution in [0.1, 0.15) is 50.4 Å². The number of pyridine rings is 1. The van der Waals surface area contributed by atoms with Gasteiger partial charge in [0.15, 0.2) is 0 Å².